The normalized spacial score (nSPS) is 18.3. The van der Waals surface area contributed by atoms with E-state index in [0.29, 0.717) is 6.54 Å². The van der Waals surface area contributed by atoms with Crippen LogP contribution in [0.25, 0.3) is 0 Å². The summed E-state index contributed by atoms with van der Waals surface area (Å²) in [6.07, 6.45) is 8.58. The van der Waals surface area contributed by atoms with Gasteiger partial charge in [0.2, 0.25) is 5.91 Å². The lowest BCUT2D eigenvalue weighted by molar-refractivity contribution is -0.136. The van der Waals surface area contributed by atoms with Gasteiger partial charge in [0.1, 0.15) is 0 Å². The summed E-state index contributed by atoms with van der Waals surface area (Å²) in [5, 5.41) is 7.05. The number of nitrogens with one attached hydrogen (secondary N) is 1. The average Bonchev–Trinajstić information content (AvgIpc) is 3.10. The predicted molar refractivity (Wildman–Crippen MR) is 87.5 cm³/mol. The minimum absolute atomic E-state index is 0.130. The molecule has 2 aromatic rings. The average molecular weight is 313 g/mol. The van der Waals surface area contributed by atoms with Gasteiger partial charge in [-0.25, -0.2) is 0 Å². The van der Waals surface area contributed by atoms with Crippen molar-refractivity contribution in [3.05, 3.63) is 48.0 Å². The fourth-order valence-electron chi connectivity index (χ4n) is 3.19. The highest BCUT2D eigenvalue weighted by atomic mass is 16.2. The highest BCUT2D eigenvalue weighted by Gasteiger charge is 2.29. The Morgan fingerprint density at radius 1 is 1.39 bits per heavy atom. The molecule has 1 atom stereocenters. The second kappa shape index (κ2) is 7.37. The lowest BCUT2D eigenvalue weighted by atomic mass is 9.99. The molecule has 0 saturated carbocycles. The Labute approximate surface area is 136 Å². The topological polar surface area (TPSA) is 65.1 Å². The molecule has 0 aliphatic carbocycles. The molecule has 1 unspecified atom stereocenters. The second-order valence-electron chi connectivity index (χ2n) is 6.14. The van der Waals surface area contributed by atoms with Crippen LogP contribution in [-0.4, -0.2) is 51.0 Å². The Hall–Kier alpha value is -2.21. The third kappa shape index (κ3) is 3.96. The number of aromatic amines is 1. The number of aromatic nitrogens is 3. The van der Waals surface area contributed by atoms with Gasteiger partial charge in [-0.3, -0.25) is 19.8 Å². The molecule has 2 aromatic heterocycles. The number of nitrogens with zero attached hydrogens (tertiary/aromatic N) is 4. The smallest absolute Gasteiger partial charge is 0.237 e. The molecular formula is C17H23N5O. The van der Waals surface area contributed by atoms with Crippen LogP contribution < -0.4 is 0 Å². The van der Waals surface area contributed by atoms with E-state index in [-0.39, 0.29) is 11.9 Å². The summed E-state index contributed by atoms with van der Waals surface area (Å²) >= 11 is 0. The maximum absolute atomic E-state index is 12.7. The van der Waals surface area contributed by atoms with Crippen LogP contribution in [0.3, 0.4) is 0 Å². The number of carbonyl (C=O) groups is 1. The van der Waals surface area contributed by atoms with Crippen molar-refractivity contribution in [1.82, 2.24) is 25.0 Å². The van der Waals surface area contributed by atoms with E-state index in [1.165, 1.54) is 0 Å². The van der Waals surface area contributed by atoms with Gasteiger partial charge in [0.25, 0.3) is 0 Å². The molecule has 23 heavy (non-hydrogen) atoms. The van der Waals surface area contributed by atoms with Crippen molar-refractivity contribution in [3.8, 4) is 0 Å². The Balaban J connectivity index is 1.61. The molecule has 122 valence electrons. The van der Waals surface area contributed by atoms with Crippen LogP contribution >= 0.6 is 0 Å². The summed E-state index contributed by atoms with van der Waals surface area (Å²) in [4.78, 5) is 20.9. The van der Waals surface area contributed by atoms with E-state index < -0.39 is 0 Å². The molecule has 0 spiro atoms. The minimum Gasteiger partial charge on any atom is -0.333 e. The summed E-state index contributed by atoms with van der Waals surface area (Å²) in [7, 11) is 1.97. The van der Waals surface area contributed by atoms with Gasteiger partial charge >= 0.3 is 0 Å². The molecule has 6 heteroatoms. The number of hydrogen-bond donors (Lipinski definition) is 1. The number of likely N-dealkylation sites (N-methyl/N-ethyl adjacent to an activating group) is 1. The summed E-state index contributed by atoms with van der Waals surface area (Å²) in [6.45, 7) is 1.96. The Kier molecular flexibility index (Phi) is 5.02. The summed E-state index contributed by atoms with van der Waals surface area (Å²) in [6, 6.07) is 6.05. The third-order valence-corrected chi connectivity index (χ3v) is 4.28. The quantitative estimate of drug-likeness (QED) is 0.917. The molecule has 0 bridgehead atoms. The Morgan fingerprint density at radius 2 is 2.30 bits per heavy atom. The molecule has 1 saturated heterocycles. The molecule has 3 heterocycles. The van der Waals surface area contributed by atoms with Gasteiger partial charge in [-0.1, -0.05) is 6.07 Å². The van der Waals surface area contributed by atoms with E-state index in [0.717, 1.165) is 43.6 Å². The highest BCUT2D eigenvalue weighted by molar-refractivity contribution is 5.78. The van der Waals surface area contributed by atoms with Crippen LogP contribution in [-0.2, 0) is 11.3 Å². The lowest BCUT2D eigenvalue weighted by Gasteiger charge is -2.36. The van der Waals surface area contributed by atoms with Crippen molar-refractivity contribution >= 4 is 5.91 Å². The minimum atomic E-state index is 0.130. The molecule has 0 aromatic carbocycles. The first-order valence-electron chi connectivity index (χ1n) is 8.10. The van der Waals surface area contributed by atoms with Crippen LogP contribution in [0.15, 0.2) is 36.8 Å². The molecule has 1 fully saturated rings. The molecule has 1 aliphatic heterocycles. The van der Waals surface area contributed by atoms with Gasteiger partial charge in [0.05, 0.1) is 18.3 Å². The summed E-state index contributed by atoms with van der Waals surface area (Å²) in [5.74, 6) is 0.177. The zero-order chi connectivity index (χ0) is 16.1. The predicted octanol–water partition coefficient (Wildman–Crippen LogP) is 1.99. The largest absolute Gasteiger partial charge is 0.333 e. The molecule has 6 nitrogen and oxygen atoms in total. The van der Waals surface area contributed by atoms with Gasteiger partial charge in [0.15, 0.2) is 0 Å². The Bertz CT molecular complexity index is 613. The number of amides is 1. The third-order valence-electron chi connectivity index (χ3n) is 4.28. The first kappa shape index (κ1) is 15.7. The molecule has 1 amide bonds. The maximum atomic E-state index is 12.7. The zero-order valence-electron chi connectivity index (χ0n) is 13.5. The van der Waals surface area contributed by atoms with Crippen LogP contribution in [0.1, 0.15) is 36.6 Å². The van der Waals surface area contributed by atoms with E-state index >= 15 is 0 Å². The zero-order valence-corrected chi connectivity index (χ0v) is 13.5. The van der Waals surface area contributed by atoms with Crippen molar-refractivity contribution in [2.45, 2.75) is 31.8 Å². The number of rotatable bonds is 5. The number of H-pyrrole nitrogens is 1. The van der Waals surface area contributed by atoms with Crippen molar-refractivity contribution in [2.24, 2.45) is 0 Å². The van der Waals surface area contributed by atoms with Gasteiger partial charge in [-0.2, -0.15) is 5.10 Å². The van der Waals surface area contributed by atoms with Gasteiger partial charge in [0, 0.05) is 31.7 Å². The number of likely N-dealkylation sites (tertiary alicyclic amines) is 1. The lowest BCUT2D eigenvalue weighted by Crippen LogP contribution is -2.43. The van der Waals surface area contributed by atoms with Crippen molar-refractivity contribution in [2.75, 3.05) is 20.1 Å². The number of pyridine rings is 1. The fourth-order valence-corrected chi connectivity index (χ4v) is 3.19. The van der Waals surface area contributed by atoms with E-state index in [1.54, 1.807) is 12.4 Å². The molecule has 0 radical (unpaired) electrons. The van der Waals surface area contributed by atoms with Crippen molar-refractivity contribution in [3.63, 3.8) is 0 Å². The van der Waals surface area contributed by atoms with Gasteiger partial charge in [-0.05, 0) is 44.0 Å². The summed E-state index contributed by atoms with van der Waals surface area (Å²) in [5.41, 5.74) is 2.15. The van der Waals surface area contributed by atoms with Crippen LogP contribution in [0, 0.1) is 0 Å². The maximum Gasteiger partial charge on any atom is 0.237 e. The Morgan fingerprint density at radius 3 is 3.04 bits per heavy atom. The SMILES string of the molecule is CN(CC(=O)N1CCCCC1c1ccn[nH]1)Cc1cccnc1. The van der Waals surface area contributed by atoms with Gasteiger partial charge in [-0.15, -0.1) is 0 Å². The van der Waals surface area contributed by atoms with E-state index in [9.17, 15) is 4.79 Å². The van der Waals surface area contributed by atoms with Crippen LogP contribution in [0.4, 0.5) is 0 Å². The first-order valence-corrected chi connectivity index (χ1v) is 8.10. The number of piperidine rings is 1. The molecule has 1 N–H and O–H groups in total. The van der Waals surface area contributed by atoms with E-state index in [2.05, 4.69) is 15.2 Å². The van der Waals surface area contributed by atoms with Crippen molar-refractivity contribution in [1.29, 1.82) is 0 Å². The number of carbonyl (C=O) groups excluding carboxylic acids is 1. The number of hydrogen-bond acceptors (Lipinski definition) is 4. The van der Waals surface area contributed by atoms with Crippen LogP contribution in [0.2, 0.25) is 0 Å². The highest BCUT2D eigenvalue weighted by Crippen LogP contribution is 2.29. The van der Waals surface area contributed by atoms with Crippen molar-refractivity contribution < 1.29 is 4.79 Å². The molecule has 1 aliphatic rings. The molecule has 3 rings (SSSR count). The van der Waals surface area contributed by atoms with E-state index in [1.807, 2.05) is 41.2 Å². The monoisotopic (exact) mass is 313 g/mol. The molecular weight excluding hydrogens is 290 g/mol. The van der Waals surface area contributed by atoms with E-state index in [4.69, 9.17) is 0 Å². The first-order chi connectivity index (χ1) is 11.2. The standard InChI is InChI=1S/C17H23N5O/c1-21(12-14-5-4-8-18-11-14)13-17(23)22-10-3-2-6-16(22)15-7-9-19-20-15/h4-5,7-9,11,16H,2-3,6,10,12-13H2,1H3,(H,19,20). The fraction of sp³-hybridized carbons (Fsp3) is 0.471. The van der Waals surface area contributed by atoms with Gasteiger partial charge < -0.3 is 4.90 Å². The second-order valence-corrected chi connectivity index (χ2v) is 6.14. The van der Waals surface area contributed by atoms with Crippen LogP contribution in [0.5, 0.6) is 0 Å². The summed E-state index contributed by atoms with van der Waals surface area (Å²) < 4.78 is 0.